The van der Waals surface area contributed by atoms with Gasteiger partial charge in [-0.05, 0) is 19.1 Å². The molecule has 0 aliphatic rings. The van der Waals surface area contributed by atoms with E-state index in [9.17, 15) is 0 Å². The van der Waals surface area contributed by atoms with Crippen molar-refractivity contribution in [2.24, 2.45) is 0 Å². The van der Waals surface area contributed by atoms with Crippen LogP contribution in [0, 0.1) is 6.92 Å². The van der Waals surface area contributed by atoms with Crippen molar-refractivity contribution >= 4 is 32.7 Å². The van der Waals surface area contributed by atoms with E-state index in [1.165, 1.54) is 0 Å². The Bertz CT molecular complexity index is 701. The molecule has 0 fully saturated rings. The van der Waals surface area contributed by atoms with Crippen molar-refractivity contribution in [3.63, 3.8) is 0 Å². The lowest BCUT2D eigenvalue weighted by Gasteiger charge is -1.94. The highest BCUT2D eigenvalue weighted by Gasteiger charge is 2.14. The van der Waals surface area contributed by atoms with Crippen molar-refractivity contribution in [1.82, 2.24) is 15.2 Å². The Kier molecular flexibility index (Phi) is 2.19. The summed E-state index contributed by atoms with van der Waals surface area (Å²) in [4.78, 5) is 4.40. The Morgan fingerprint density at radius 3 is 2.94 bits per heavy atom. The zero-order chi connectivity index (χ0) is 12.0. The molecular weight excluding hydrogens is 284 g/mol. The number of halogens is 1. The molecule has 5 nitrogen and oxygen atoms in total. The second kappa shape index (κ2) is 3.59. The van der Waals surface area contributed by atoms with E-state index in [-0.39, 0.29) is 0 Å². The molecule has 0 aliphatic carbocycles. The summed E-state index contributed by atoms with van der Waals surface area (Å²) in [6, 6.07) is 3.66. The summed E-state index contributed by atoms with van der Waals surface area (Å²) in [5.74, 6) is 0.524. The van der Waals surface area contributed by atoms with Gasteiger partial charge in [0.1, 0.15) is 5.52 Å². The lowest BCUT2D eigenvalue weighted by Crippen LogP contribution is -1.84. The van der Waals surface area contributed by atoms with Gasteiger partial charge in [-0.1, -0.05) is 15.9 Å². The number of aryl methyl sites for hydroxylation is 1. The van der Waals surface area contributed by atoms with Crippen molar-refractivity contribution in [2.45, 2.75) is 6.92 Å². The summed E-state index contributed by atoms with van der Waals surface area (Å²) in [7, 11) is 0. The number of hydrogen-bond acceptors (Lipinski definition) is 4. The number of benzene rings is 1. The zero-order valence-electron chi connectivity index (χ0n) is 8.99. The molecule has 0 radical (unpaired) electrons. The maximum Gasteiger partial charge on any atom is 0.230 e. The number of nitrogens with two attached hydrogens (primary N) is 1. The molecule has 2 aromatic heterocycles. The maximum absolute atomic E-state index is 5.87. The van der Waals surface area contributed by atoms with Crippen molar-refractivity contribution in [2.75, 3.05) is 5.73 Å². The Balaban J connectivity index is 2.27. The minimum absolute atomic E-state index is 0.524. The van der Waals surface area contributed by atoms with Crippen LogP contribution in [0.3, 0.4) is 0 Å². The van der Waals surface area contributed by atoms with Gasteiger partial charge in [0.15, 0.2) is 5.58 Å². The number of anilines is 1. The first kappa shape index (κ1) is 10.3. The van der Waals surface area contributed by atoms with Crippen LogP contribution in [0.25, 0.3) is 22.6 Å². The van der Waals surface area contributed by atoms with E-state index < -0.39 is 0 Å². The number of nitrogens with zero attached hydrogens (tertiary/aromatic N) is 2. The molecule has 1 aromatic carbocycles. The number of nitrogens with one attached hydrogen (secondary N) is 1. The Morgan fingerprint density at radius 2 is 2.24 bits per heavy atom. The van der Waals surface area contributed by atoms with E-state index in [1.54, 1.807) is 12.3 Å². The molecule has 0 spiro atoms. The van der Waals surface area contributed by atoms with Gasteiger partial charge in [-0.15, -0.1) is 0 Å². The highest BCUT2D eigenvalue weighted by Crippen LogP contribution is 2.31. The molecule has 0 bridgehead atoms. The van der Waals surface area contributed by atoms with Gasteiger partial charge >= 0.3 is 0 Å². The minimum atomic E-state index is 0.524. The molecule has 3 rings (SSSR count). The van der Waals surface area contributed by atoms with Gasteiger partial charge in [0.2, 0.25) is 5.89 Å². The van der Waals surface area contributed by atoms with Gasteiger partial charge in [0.05, 0.1) is 17.4 Å². The zero-order valence-corrected chi connectivity index (χ0v) is 10.6. The van der Waals surface area contributed by atoms with Crippen LogP contribution in [0.2, 0.25) is 0 Å². The quantitative estimate of drug-likeness (QED) is 0.676. The average molecular weight is 293 g/mol. The first-order chi connectivity index (χ1) is 8.15. The lowest BCUT2D eigenvalue weighted by molar-refractivity contribution is 0.620. The molecule has 0 saturated carbocycles. The van der Waals surface area contributed by atoms with Crippen LogP contribution < -0.4 is 5.73 Å². The number of H-pyrrole nitrogens is 1. The fraction of sp³-hybridized carbons (Fsp3) is 0.0909. The van der Waals surface area contributed by atoms with E-state index >= 15 is 0 Å². The number of nitrogen functional groups attached to an aromatic ring is 1. The number of hydrogen-bond donors (Lipinski definition) is 2. The van der Waals surface area contributed by atoms with E-state index in [1.807, 2.05) is 13.0 Å². The van der Waals surface area contributed by atoms with Gasteiger partial charge in [0.25, 0.3) is 0 Å². The Labute approximate surface area is 105 Å². The summed E-state index contributed by atoms with van der Waals surface area (Å²) >= 11 is 3.38. The van der Waals surface area contributed by atoms with Gasteiger partial charge < -0.3 is 10.2 Å². The van der Waals surface area contributed by atoms with Crippen LogP contribution in [0.1, 0.15) is 5.69 Å². The summed E-state index contributed by atoms with van der Waals surface area (Å²) < 4.78 is 6.54. The van der Waals surface area contributed by atoms with E-state index in [0.717, 1.165) is 21.2 Å². The minimum Gasteiger partial charge on any atom is -0.434 e. The second-order valence-corrected chi connectivity index (χ2v) is 4.69. The summed E-state index contributed by atoms with van der Waals surface area (Å²) in [6.07, 6.45) is 1.69. The molecular formula is C11H9BrN4O. The molecule has 0 saturated heterocycles. The van der Waals surface area contributed by atoms with Crippen molar-refractivity contribution in [3.05, 3.63) is 28.5 Å². The Hall–Kier alpha value is -1.82. The molecule has 3 aromatic rings. The molecule has 3 N–H and O–H groups in total. The molecule has 0 amide bonds. The maximum atomic E-state index is 5.87. The molecule has 6 heteroatoms. The van der Waals surface area contributed by atoms with Gasteiger partial charge in [-0.3, -0.25) is 5.10 Å². The fourth-order valence-corrected chi connectivity index (χ4v) is 2.17. The van der Waals surface area contributed by atoms with Gasteiger partial charge in [-0.2, -0.15) is 5.10 Å². The van der Waals surface area contributed by atoms with Crippen LogP contribution in [0.4, 0.5) is 5.69 Å². The highest BCUT2D eigenvalue weighted by atomic mass is 79.9. The van der Waals surface area contributed by atoms with Crippen molar-refractivity contribution < 1.29 is 4.42 Å². The standard InChI is InChI=1S/C11H9BrN4O/c1-5-7(4-14-16-5)11-15-9-3-6(12)2-8(13)10(9)17-11/h2-4H,13H2,1H3,(H,14,16). The molecule has 0 aliphatic heterocycles. The van der Waals surface area contributed by atoms with Crippen molar-refractivity contribution in [1.29, 1.82) is 0 Å². The summed E-state index contributed by atoms with van der Waals surface area (Å²) in [5, 5.41) is 6.79. The first-order valence-corrected chi connectivity index (χ1v) is 5.80. The summed E-state index contributed by atoms with van der Waals surface area (Å²) in [5.41, 5.74) is 9.52. The van der Waals surface area contributed by atoms with Crippen LogP contribution in [-0.2, 0) is 0 Å². The van der Waals surface area contributed by atoms with E-state index in [0.29, 0.717) is 17.2 Å². The lowest BCUT2D eigenvalue weighted by atomic mass is 10.3. The smallest absolute Gasteiger partial charge is 0.230 e. The highest BCUT2D eigenvalue weighted by molar-refractivity contribution is 9.10. The van der Waals surface area contributed by atoms with Crippen LogP contribution >= 0.6 is 15.9 Å². The molecule has 2 heterocycles. The molecule has 0 atom stereocenters. The monoisotopic (exact) mass is 292 g/mol. The van der Waals surface area contributed by atoms with E-state index in [4.69, 9.17) is 10.2 Å². The largest absolute Gasteiger partial charge is 0.434 e. The van der Waals surface area contributed by atoms with Gasteiger partial charge in [-0.25, -0.2) is 4.98 Å². The third kappa shape index (κ3) is 1.61. The third-order valence-electron chi connectivity index (χ3n) is 2.54. The topological polar surface area (TPSA) is 80.7 Å². The van der Waals surface area contributed by atoms with Gasteiger partial charge in [0, 0.05) is 10.2 Å². The predicted octanol–water partition coefficient (Wildman–Crippen LogP) is 2.87. The van der Waals surface area contributed by atoms with Crippen LogP contribution in [0.15, 0.2) is 27.2 Å². The Morgan fingerprint density at radius 1 is 1.41 bits per heavy atom. The normalized spacial score (nSPS) is 11.2. The van der Waals surface area contributed by atoms with Crippen LogP contribution in [-0.4, -0.2) is 15.2 Å². The number of oxazole rings is 1. The van der Waals surface area contributed by atoms with E-state index in [2.05, 4.69) is 31.1 Å². The predicted molar refractivity (Wildman–Crippen MR) is 68.4 cm³/mol. The average Bonchev–Trinajstić information content (AvgIpc) is 2.83. The molecule has 86 valence electrons. The SMILES string of the molecule is Cc1[nH]ncc1-c1nc2cc(Br)cc(N)c2o1. The second-order valence-electron chi connectivity index (χ2n) is 3.77. The molecule has 17 heavy (non-hydrogen) atoms. The van der Waals surface area contributed by atoms with Crippen molar-refractivity contribution in [3.8, 4) is 11.5 Å². The first-order valence-electron chi connectivity index (χ1n) is 5.01. The molecule has 0 unspecified atom stereocenters. The number of aromatic amines is 1. The third-order valence-corrected chi connectivity index (χ3v) is 3.00. The number of rotatable bonds is 1. The van der Waals surface area contributed by atoms with Crippen LogP contribution in [0.5, 0.6) is 0 Å². The number of fused-ring (bicyclic) bond motifs is 1. The fourth-order valence-electron chi connectivity index (χ4n) is 1.70. The summed E-state index contributed by atoms with van der Waals surface area (Å²) in [6.45, 7) is 1.91. The number of aromatic nitrogens is 3.